The molecule has 1 unspecified atom stereocenters. The van der Waals surface area contributed by atoms with Crippen molar-refractivity contribution in [2.75, 3.05) is 26.7 Å². The van der Waals surface area contributed by atoms with Crippen LogP contribution in [0.4, 0.5) is 0 Å². The SMILES string of the molecule is CN(Cc1cccc(Cl)c1Cl)CC1(C)CCNC1. The molecule has 1 N–H and O–H groups in total. The van der Waals surface area contributed by atoms with E-state index in [-0.39, 0.29) is 0 Å². The van der Waals surface area contributed by atoms with Gasteiger partial charge in [0, 0.05) is 19.6 Å². The van der Waals surface area contributed by atoms with Crippen molar-refractivity contribution >= 4 is 23.2 Å². The average Bonchev–Trinajstić information content (AvgIpc) is 2.71. The Bertz CT molecular complexity index is 414. The molecule has 0 saturated carbocycles. The van der Waals surface area contributed by atoms with Gasteiger partial charge in [-0.3, -0.25) is 0 Å². The molecule has 0 aliphatic carbocycles. The van der Waals surface area contributed by atoms with E-state index in [1.165, 1.54) is 6.42 Å². The van der Waals surface area contributed by atoms with Gasteiger partial charge in [0.15, 0.2) is 0 Å². The van der Waals surface area contributed by atoms with Crippen LogP contribution in [0, 0.1) is 5.41 Å². The lowest BCUT2D eigenvalue weighted by Gasteiger charge is -2.29. The quantitative estimate of drug-likeness (QED) is 0.912. The van der Waals surface area contributed by atoms with Crippen LogP contribution >= 0.6 is 23.2 Å². The van der Waals surface area contributed by atoms with Gasteiger partial charge in [-0.2, -0.15) is 0 Å². The molecule has 0 aromatic heterocycles. The fraction of sp³-hybridized carbons (Fsp3) is 0.571. The molecule has 1 aromatic carbocycles. The Kier molecular flexibility index (Phi) is 4.54. The third kappa shape index (κ3) is 3.39. The van der Waals surface area contributed by atoms with Crippen molar-refractivity contribution < 1.29 is 0 Å². The molecular weight excluding hydrogens is 267 g/mol. The highest BCUT2D eigenvalue weighted by molar-refractivity contribution is 6.42. The zero-order chi connectivity index (χ0) is 13.2. The molecule has 2 nitrogen and oxygen atoms in total. The Morgan fingerprint density at radius 3 is 2.83 bits per heavy atom. The molecule has 2 rings (SSSR count). The van der Waals surface area contributed by atoms with E-state index in [1.807, 2.05) is 18.2 Å². The average molecular weight is 287 g/mol. The maximum Gasteiger partial charge on any atom is 0.0637 e. The number of hydrogen-bond acceptors (Lipinski definition) is 2. The van der Waals surface area contributed by atoms with Crippen LogP contribution in [0.3, 0.4) is 0 Å². The highest BCUT2D eigenvalue weighted by atomic mass is 35.5. The molecule has 0 bridgehead atoms. The number of halogens is 2. The van der Waals surface area contributed by atoms with E-state index in [4.69, 9.17) is 23.2 Å². The Balaban J connectivity index is 1.98. The maximum absolute atomic E-state index is 6.22. The van der Waals surface area contributed by atoms with Gasteiger partial charge in [0.2, 0.25) is 0 Å². The second kappa shape index (κ2) is 5.79. The van der Waals surface area contributed by atoms with Crippen molar-refractivity contribution in [3.8, 4) is 0 Å². The molecule has 1 aliphatic heterocycles. The molecule has 18 heavy (non-hydrogen) atoms. The summed E-state index contributed by atoms with van der Waals surface area (Å²) in [5.41, 5.74) is 1.47. The molecule has 0 amide bonds. The molecular formula is C14H20Cl2N2. The Morgan fingerprint density at radius 2 is 2.17 bits per heavy atom. The minimum atomic E-state index is 0.375. The fourth-order valence-electron chi connectivity index (χ4n) is 2.67. The summed E-state index contributed by atoms with van der Waals surface area (Å²) in [5.74, 6) is 0. The fourth-order valence-corrected chi connectivity index (χ4v) is 3.05. The molecule has 1 heterocycles. The molecule has 100 valence electrons. The van der Waals surface area contributed by atoms with E-state index in [0.717, 1.165) is 31.7 Å². The number of benzene rings is 1. The summed E-state index contributed by atoms with van der Waals surface area (Å²) in [7, 11) is 2.14. The monoisotopic (exact) mass is 286 g/mol. The van der Waals surface area contributed by atoms with Gasteiger partial charge in [-0.15, -0.1) is 0 Å². The summed E-state index contributed by atoms with van der Waals surface area (Å²) >= 11 is 12.3. The highest BCUT2D eigenvalue weighted by Crippen LogP contribution is 2.29. The lowest BCUT2D eigenvalue weighted by molar-refractivity contribution is 0.203. The smallest absolute Gasteiger partial charge is 0.0637 e. The van der Waals surface area contributed by atoms with Crippen molar-refractivity contribution in [3.05, 3.63) is 33.8 Å². The number of rotatable bonds is 4. The molecule has 0 radical (unpaired) electrons. The van der Waals surface area contributed by atoms with Crippen LogP contribution in [0.5, 0.6) is 0 Å². The van der Waals surface area contributed by atoms with Gasteiger partial charge < -0.3 is 10.2 Å². The predicted octanol–water partition coefficient (Wildman–Crippen LogP) is 3.42. The van der Waals surface area contributed by atoms with Gasteiger partial charge in [-0.05, 0) is 37.1 Å². The lowest BCUT2D eigenvalue weighted by atomic mass is 9.89. The summed E-state index contributed by atoms with van der Waals surface area (Å²) in [5, 5.41) is 4.75. The first kappa shape index (κ1) is 14.1. The lowest BCUT2D eigenvalue weighted by Crippen LogP contribution is -2.34. The summed E-state index contributed by atoms with van der Waals surface area (Å²) < 4.78 is 0. The van der Waals surface area contributed by atoms with Crippen molar-refractivity contribution in [2.24, 2.45) is 5.41 Å². The molecule has 1 saturated heterocycles. The standard InChI is InChI=1S/C14H20Cl2N2/c1-14(6-7-17-9-14)10-18(2)8-11-4-3-5-12(15)13(11)16/h3-5,17H,6-10H2,1-2H3. The van der Waals surface area contributed by atoms with Crippen LogP contribution in [0.1, 0.15) is 18.9 Å². The van der Waals surface area contributed by atoms with Crippen molar-refractivity contribution in [2.45, 2.75) is 19.9 Å². The minimum Gasteiger partial charge on any atom is -0.316 e. The summed E-state index contributed by atoms with van der Waals surface area (Å²) in [6, 6.07) is 5.83. The van der Waals surface area contributed by atoms with Crippen LogP contribution < -0.4 is 5.32 Å². The van der Waals surface area contributed by atoms with E-state index in [2.05, 4.69) is 24.2 Å². The van der Waals surface area contributed by atoms with Crippen molar-refractivity contribution in [3.63, 3.8) is 0 Å². The molecule has 1 aliphatic rings. The van der Waals surface area contributed by atoms with Gasteiger partial charge in [-0.1, -0.05) is 42.3 Å². The number of nitrogens with one attached hydrogen (secondary N) is 1. The minimum absolute atomic E-state index is 0.375. The zero-order valence-electron chi connectivity index (χ0n) is 11.0. The van der Waals surface area contributed by atoms with E-state index >= 15 is 0 Å². The van der Waals surface area contributed by atoms with Crippen molar-refractivity contribution in [1.29, 1.82) is 0 Å². The van der Waals surface area contributed by atoms with Crippen LogP contribution in [0.25, 0.3) is 0 Å². The second-order valence-corrected chi connectivity index (χ2v) is 6.41. The van der Waals surface area contributed by atoms with Crippen LogP contribution in [0.2, 0.25) is 10.0 Å². The topological polar surface area (TPSA) is 15.3 Å². The predicted molar refractivity (Wildman–Crippen MR) is 78.4 cm³/mol. The Morgan fingerprint density at radius 1 is 1.39 bits per heavy atom. The van der Waals surface area contributed by atoms with Gasteiger partial charge in [0.1, 0.15) is 0 Å². The first-order valence-corrected chi connectivity index (χ1v) is 7.08. The molecule has 0 spiro atoms. The van der Waals surface area contributed by atoms with Crippen LogP contribution in [-0.2, 0) is 6.54 Å². The van der Waals surface area contributed by atoms with Gasteiger partial charge in [-0.25, -0.2) is 0 Å². The zero-order valence-corrected chi connectivity index (χ0v) is 12.5. The summed E-state index contributed by atoms with van der Waals surface area (Å²) in [6.45, 7) is 6.48. The van der Waals surface area contributed by atoms with E-state index < -0.39 is 0 Å². The normalized spacial score (nSPS) is 23.8. The third-order valence-corrected chi connectivity index (χ3v) is 4.44. The molecule has 1 atom stereocenters. The van der Waals surface area contributed by atoms with Gasteiger partial charge in [0.05, 0.1) is 10.0 Å². The summed E-state index contributed by atoms with van der Waals surface area (Å²) in [6.07, 6.45) is 1.24. The maximum atomic E-state index is 6.22. The van der Waals surface area contributed by atoms with Gasteiger partial charge >= 0.3 is 0 Å². The second-order valence-electron chi connectivity index (χ2n) is 5.62. The van der Waals surface area contributed by atoms with Crippen LogP contribution in [-0.4, -0.2) is 31.6 Å². The van der Waals surface area contributed by atoms with E-state index in [0.29, 0.717) is 15.5 Å². The van der Waals surface area contributed by atoms with E-state index in [1.54, 1.807) is 0 Å². The number of nitrogens with zero attached hydrogens (tertiary/aromatic N) is 1. The Labute approximate surface area is 119 Å². The first-order valence-electron chi connectivity index (χ1n) is 6.32. The van der Waals surface area contributed by atoms with Crippen LogP contribution in [0.15, 0.2) is 18.2 Å². The van der Waals surface area contributed by atoms with Crippen molar-refractivity contribution in [1.82, 2.24) is 10.2 Å². The third-order valence-electron chi connectivity index (χ3n) is 3.58. The molecule has 4 heteroatoms. The Hall–Kier alpha value is -0.280. The number of hydrogen-bond donors (Lipinski definition) is 1. The molecule has 1 aromatic rings. The van der Waals surface area contributed by atoms with E-state index in [9.17, 15) is 0 Å². The highest BCUT2D eigenvalue weighted by Gasteiger charge is 2.29. The first-order chi connectivity index (χ1) is 8.50. The molecule has 1 fully saturated rings. The largest absolute Gasteiger partial charge is 0.316 e. The van der Waals surface area contributed by atoms with Gasteiger partial charge in [0.25, 0.3) is 0 Å². The summed E-state index contributed by atoms with van der Waals surface area (Å²) in [4.78, 5) is 2.32.